The van der Waals surface area contributed by atoms with Crippen LogP contribution in [-0.4, -0.2) is 28.6 Å². The molecule has 1 unspecified atom stereocenters. The van der Waals surface area contributed by atoms with Gasteiger partial charge in [0, 0.05) is 17.2 Å². The maximum Gasteiger partial charge on any atom is 0.244 e. The molecular formula is C13H20N2O2S. The number of nitrogens with one attached hydrogen (secondary N) is 1. The first kappa shape index (κ1) is 14.9. The predicted octanol–water partition coefficient (Wildman–Crippen LogP) is 1.99. The molecular weight excluding hydrogens is 248 g/mol. The van der Waals surface area contributed by atoms with Crippen molar-refractivity contribution < 1.29 is 9.90 Å². The molecule has 1 heterocycles. The Morgan fingerprint density at radius 2 is 2.33 bits per heavy atom. The second kappa shape index (κ2) is 7.28. The first-order valence-corrected chi connectivity index (χ1v) is 6.84. The average molecular weight is 268 g/mol. The molecule has 5 heteroatoms. The van der Waals surface area contributed by atoms with Crippen LogP contribution in [0.15, 0.2) is 12.3 Å². The van der Waals surface area contributed by atoms with E-state index < -0.39 is 0 Å². The summed E-state index contributed by atoms with van der Waals surface area (Å²) < 4.78 is 0. The van der Waals surface area contributed by atoms with E-state index in [0.717, 1.165) is 16.3 Å². The van der Waals surface area contributed by atoms with Crippen molar-refractivity contribution in [3.8, 4) is 0 Å². The standard InChI is InChI=1S/C13H20N2O2S/c1-9(2)6-11(8-16)15-13(17)5-4-12-7-14-10(3)18-12/h4-5,7,9,11,16H,6,8H2,1-3H3,(H,15,17)/b5-4+. The molecule has 0 saturated heterocycles. The van der Waals surface area contributed by atoms with Gasteiger partial charge in [0.05, 0.1) is 17.7 Å². The van der Waals surface area contributed by atoms with Gasteiger partial charge in [-0.15, -0.1) is 11.3 Å². The van der Waals surface area contributed by atoms with Crippen molar-refractivity contribution in [2.45, 2.75) is 33.2 Å². The molecule has 1 amide bonds. The zero-order chi connectivity index (χ0) is 13.5. The molecule has 100 valence electrons. The molecule has 0 aliphatic heterocycles. The van der Waals surface area contributed by atoms with Crippen LogP contribution in [0.4, 0.5) is 0 Å². The van der Waals surface area contributed by atoms with Crippen LogP contribution < -0.4 is 5.32 Å². The van der Waals surface area contributed by atoms with Gasteiger partial charge in [-0.2, -0.15) is 0 Å². The average Bonchev–Trinajstić information content (AvgIpc) is 2.71. The number of hydrogen-bond donors (Lipinski definition) is 2. The van der Waals surface area contributed by atoms with Crippen LogP contribution in [0.2, 0.25) is 0 Å². The molecule has 2 N–H and O–H groups in total. The summed E-state index contributed by atoms with van der Waals surface area (Å²) in [5, 5.41) is 12.9. The van der Waals surface area contributed by atoms with Gasteiger partial charge in [0.15, 0.2) is 0 Å². The van der Waals surface area contributed by atoms with Gasteiger partial charge >= 0.3 is 0 Å². The van der Waals surface area contributed by atoms with Gasteiger partial charge in [0.25, 0.3) is 0 Å². The molecule has 1 rings (SSSR count). The number of amides is 1. The third kappa shape index (κ3) is 5.42. The van der Waals surface area contributed by atoms with E-state index in [-0.39, 0.29) is 18.6 Å². The number of aliphatic hydroxyl groups excluding tert-OH is 1. The van der Waals surface area contributed by atoms with Crippen LogP contribution in [-0.2, 0) is 4.79 Å². The number of thiazole rings is 1. The molecule has 1 aromatic rings. The number of hydrogen-bond acceptors (Lipinski definition) is 4. The van der Waals surface area contributed by atoms with Crippen LogP contribution >= 0.6 is 11.3 Å². The highest BCUT2D eigenvalue weighted by Crippen LogP contribution is 2.12. The predicted molar refractivity (Wildman–Crippen MR) is 74.4 cm³/mol. The van der Waals surface area contributed by atoms with E-state index in [1.807, 2.05) is 6.92 Å². The molecule has 1 aromatic heterocycles. The number of nitrogens with zero attached hydrogens (tertiary/aromatic N) is 1. The molecule has 0 fully saturated rings. The highest BCUT2D eigenvalue weighted by molar-refractivity contribution is 7.12. The first-order chi connectivity index (χ1) is 8.51. The molecule has 1 atom stereocenters. The summed E-state index contributed by atoms with van der Waals surface area (Å²) in [7, 11) is 0. The molecule has 0 spiro atoms. The zero-order valence-electron chi connectivity index (χ0n) is 11.0. The van der Waals surface area contributed by atoms with Crippen LogP contribution in [0.3, 0.4) is 0 Å². The second-order valence-electron chi connectivity index (χ2n) is 4.63. The Morgan fingerprint density at radius 1 is 1.61 bits per heavy atom. The van der Waals surface area contributed by atoms with Gasteiger partial charge in [-0.1, -0.05) is 13.8 Å². The molecule has 0 aliphatic rings. The lowest BCUT2D eigenvalue weighted by Crippen LogP contribution is -2.37. The van der Waals surface area contributed by atoms with Crippen LogP contribution in [0, 0.1) is 12.8 Å². The second-order valence-corrected chi connectivity index (χ2v) is 5.90. The van der Waals surface area contributed by atoms with E-state index in [2.05, 4.69) is 24.1 Å². The summed E-state index contributed by atoms with van der Waals surface area (Å²) >= 11 is 1.54. The lowest BCUT2D eigenvalue weighted by molar-refractivity contribution is -0.117. The minimum atomic E-state index is -0.180. The Balaban J connectivity index is 2.47. The van der Waals surface area contributed by atoms with Gasteiger partial charge in [0.1, 0.15) is 0 Å². The normalized spacial score (nSPS) is 13.2. The Labute approximate surface area is 112 Å². The molecule has 0 radical (unpaired) electrons. The third-order valence-electron chi connectivity index (χ3n) is 2.36. The summed E-state index contributed by atoms with van der Waals surface area (Å²) in [6, 6.07) is -0.176. The van der Waals surface area contributed by atoms with Crippen molar-refractivity contribution in [2.24, 2.45) is 5.92 Å². The zero-order valence-corrected chi connectivity index (χ0v) is 11.8. The van der Waals surface area contributed by atoms with E-state index in [4.69, 9.17) is 5.11 Å². The van der Waals surface area contributed by atoms with Crippen molar-refractivity contribution in [3.05, 3.63) is 22.2 Å². The first-order valence-electron chi connectivity index (χ1n) is 6.03. The maximum atomic E-state index is 11.6. The lowest BCUT2D eigenvalue weighted by atomic mass is 10.0. The number of aryl methyl sites for hydroxylation is 1. The van der Waals surface area contributed by atoms with Crippen molar-refractivity contribution in [1.29, 1.82) is 0 Å². The number of carbonyl (C=O) groups excluding carboxylic acids is 1. The van der Waals surface area contributed by atoms with E-state index in [0.29, 0.717) is 5.92 Å². The van der Waals surface area contributed by atoms with E-state index in [1.165, 1.54) is 17.4 Å². The topological polar surface area (TPSA) is 62.2 Å². The molecule has 0 saturated carbocycles. The Morgan fingerprint density at radius 3 is 2.83 bits per heavy atom. The van der Waals surface area contributed by atoms with E-state index >= 15 is 0 Å². The van der Waals surface area contributed by atoms with Gasteiger partial charge in [-0.3, -0.25) is 4.79 Å². The van der Waals surface area contributed by atoms with Crippen molar-refractivity contribution >= 4 is 23.3 Å². The fourth-order valence-electron chi connectivity index (χ4n) is 1.61. The lowest BCUT2D eigenvalue weighted by Gasteiger charge is -2.16. The summed E-state index contributed by atoms with van der Waals surface area (Å²) in [5.41, 5.74) is 0. The number of aromatic nitrogens is 1. The van der Waals surface area contributed by atoms with Crippen LogP contribution in [0.25, 0.3) is 6.08 Å². The Bertz CT molecular complexity index is 413. The number of aliphatic hydroxyl groups is 1. The molecule has 18 heavy (non-hydrogen) atoms. The Hall–Kier alpha value is -1.20. The maximum absolute atomic E-state index is 11.6. The van der Waals surface area contributed by atoms with Gasteiger partial charge in [-0.25, -0.2) is 4.98 Å². The quantitative estimate of drug-likeness (QED) is 0.776. The van der Waals surface area contributed by atoms with E-state index in [1.54, 1.807) is 12.3 Å². The van der Waals surface area contributed by atoms with Crippen LogP contribution in [0.5, 0.6) is 0 Å². The van der Waals surface area contributed by atoms with Gasteiger partial charge in [-0.05, 0) is 25.3 Å². The van der Waals surface area contributed by atoms with Crippen molar-refractivity contribution in [3.63, 3.8) is 0 Å². The number of rotatable bonds is 6. The fourth-order valence-corrected chi connectivity index (χ4v) is 2.30. The van der Waals surface area contributed by atoms with Gasteiger partial charge < -0.3 is 10.4 Å². The SMILES string of the molecule is Cc1ncc(/C=C/C(=O)NC(CO)CC(C)C)s1. The van der Waals surface area contributed by atoms with E-state index in [9.17, 15) is 4.79 Å². The summed E-state index contributed by atoms with van der Waals surface area (Å²) in [6.07, 6.45) is 5.73. The highest BCUT2D eigenvalue weighted by atomic mass is 32.1. The summed E-state index contributed by atoms with van der Waals surface area (Å²) in [6.45, 7) is 6.01. The number of carbonyl (C=O) groups is 1. The summed E-state index contributed by atoms with van der Waals surface area (Å²) in [4.78, 5) is 16.7. The summed E-state index contributed by atoms with van der Waals surface area (Å²) in [5.74, 6) is 0.260. The Kier molecular flexibility index (Phi) is 6.01. The van der Waals surface area contributed by atoms with Gasteiger partial charge in [0.2, 0.25) is 5.91 Å². The van der Waals surface area contributed by atoms with Crippen LogP contribution in [0.1, 0.15) is 30.2 Å². The monoisotopic (exact) mass is 268 g/mol. The molecule has 0 bridgehead atoms. The fraction of sp³-hybridized carbons (Fsp3) is 0.538. The largest absolute Gasteiger partial charge is 0.394 e. The minimum Gasteiger partial charge on any atom is -0.394 e. The van der Waals surface area contributed by atoms with Crippen molar-refractivity contribution in [2.75, 3.05) is 6.61 Å². The molecule has 0 aromatic carbocycles. The third-order valence-corrected chi connectivity index (χ3v) is 3.24. The molecule has 4 nitrogen and oxygen atoms in total. The highest BCUT2D eigenvalue weighted by Gasteiger charge is 2.11. The minimum absolute atomic E-state index is 0.0303. The van der Waals surface area contributed by atoms with Crippen molar-refractivity contribution in [1.82, 2.24) is 10.3 Å². The smallest absolute Gasteiger partial charge is 0.244 e. The molecule has 0 aliphatic carbocycles.